The monoisotopic (exact) mass is 248 g/mol. The van der Waals surface area contributed by atoms with E-state index in [4.69, 9.17) is 0 Å². The van der Waals surface area contributed by atoms with Crippen LogP contribution in [0.25, 0.3) is 0 Å². The summed E-state index contributed by atoms with van der Waals surface area (Å²) in [5, 5.41) is 0. The second-order valence-corrected chi connectivity index (χ2v) is 5.67. The Hall–Kier alpha value is -1.30. The van der Waals surface area contributed by atoms with E-state index in [9.17, 15) is 22.0 Å². The van der Waals surface area contributed by atoms with E-state index in [-0.39, 0.29) is 12.0 Å². The van der Waals surface area contributed by atoms with E-state index in [1.165, 1.54) is 6.07 Å². The van der Waals surface area contributed by atoms with Gasteiger partial charge in [-0.3, -0.25) is 4.79 Å². The van der Waals surface area contributed by atoms with Crippen LogP contribution < -0.4 is 0 Å². The number of Topliss-reactive ketones (excluding diaryl/α,β-unsaturated/α-hetero) is 1. The van der Waals surface area contributed by atoms with Gasteiger partial charge in [-0.25, -0.2) is 17.2 Å². The maximum Gasteiger partial charge on any atom is 0.159 e. The summed E-state index contributed by atoms with van der Waals surface area (Å²) in [7, 11) is -3.38. The number of benzene rings is 1. The van der Waals surface area contributed by atoms with Crippen LogP contribution in [0.5, 0.6) is 0 Å². The van der Waals surface area contributed by atoms with Gasteiger partial charge in [0.1, 0.15) is 5.75 Å². The summed E-state index contributed by atoms with van der Waals surface area (Å²) < 4.78 is 46.9. The van der Waals surface area contributed by atoms with Crippen LogP contribution in [0.1, 0.15) is 5.56 Å². The van der Waals surface area contributed by atoms with Crippen LogP contribution in [0.15, 0.2) is 18.2 Å². The van der Waals surface area contributed by atoms with E-state index >= 15 is 0 Å². The second-order valence-electron chi connectivity index (χ2n) is 3.53. The van der Waals surface area contributed by atoms with E-state index in [0.717, 1.165) is 18.4 Å². The third-order valence-corrected chi connectivity index (χ3v) is 2.65. The first-order chi connectivity index (χ1) is 7.28. The van der Waals surface area contributed by atoms with Crippen molar-refractivity contribution in [2.45, 2.75) is 6.42 Å². The number of sulfone groups is 1. The zero-order chi connectivity index (χ0) is 12.3. The molecule has 0 aliphatic carbocycles. The molecule has 0 atom stereocenters. The van der Waals surface area contributed by atoms with E-state index in [0.29, 0.717) is 0 Å². The average Bonchev–Trinajstić information content (AvgIpc) is 2.08. The number of hydrogen-bond donors (Lipinski definition) is 0. The molecule has 3 nitrogen and oxygen atoms in total. The van der Waals surface area contributed by atoms with Gasteiger partial charge in [0.05, 0.1) is 0 Å². The summed E-state index contributed by atoms with van der Waals surface area (Å²) in [6, 6.07) is 3.03. The molecule has 0 bridgehead atoms. The van der Waals surface area contributed by atoms with Crippen molar-refractivity contribution in [3.63, 3.8) is 0 Å². The summed E-state index contributed by atoms with van der Waals surface area (Å²) in [5.41, 5.74) is 0.257. The number of rotatable bonds is 4. The third-order valence-electron chi connectivity index (χ3n) is 1.81. The summed E-state index contributed by atoms with van der Waals surface area (Å²) in [6.45, 7) is 0. The molecule has 0 aliphatic heterocycles. The summed E-state index contributed by atoms with van der Waals surface area (Å²) in [5.74, 6) is -3.19. The van der Waals surface area contributed by atoms with E-state index < -0.39 is 33.0 Å². The van der Waals surface area contributed by atoms with Gasteiger partial charge in [0, 0.05) is 12.7 Å². The Morgan fingerprint density at radius 1 is 1.25 bits per heavy atom. The minimum atomic E-state index is -3.38. The highest BCUT2D eigenvalue weighted by atomic mass is 32.2. The van der Waals surface area contributed by atoms with Gasteiger partial charge in [-0.2, -0.15) is 0 Å². The molecule has 0 aromatic heterocycles. The highest BCUT2D eigenvalue weighted by Crippen LogP contribution is 2.09. The molecule has 0 heterocycles. The van der Waals surface area contributed by atoms with E-state index in [2.05, 4.69) is 0 Å². The minimum Gasteiger partial charge on any atom is -0.298 e. The number of carbonyl (C=O) groups is 1. The molecule has 6 heteroatoms. The molecule has 16 heavy (non-hydrogen) atoms. The first-order valence-electron chi connectivity index (χ1n) is 4.41. The topological polar surface area (TPSA) is 51.2 Å². The molecular weight excluding hydrogens is 238 g/mol. The van der Waals surface area contributed by atoms with Crippen molar-refractivity contribution in [3.05, 3.63) is 35.4 Å². The molecule has 0 saturated carbocycles. The minimum absolute atomic E-state index is 0.218. The Morgan fingerprint density at radius 3 is 2.38 bits per heavy atom. The van der Waals surface area contributed by atoms with Gasteiger partial charge in [-0.1, -0.05) is 6.07 Å². The molecule has 0 saturated heterocycles. The molecule has 1 aromatic carbocycles. The lowest BCUT2D eigenvalue weighted by Gasteiger charge is -2.01. The van der Waals surface area contributed by atoms with Crippen LogP contribution in [0.3, 0.4) is 0 Å². The van der Waals surface area contributed by atoms with Crippen molar-refractivity contribution in [2.75, 3.05) is 12.0 Å². The normalized spacial score (nSPS) is 11.4. The van der Waals surface area contributed by atoms with Crippen LogP contribution in [-0.2, 0) is 21.1 Å². The van der Waals surface area contributed by atoms with Crippen molar-refractivity contribution in [1.29, 1.82) is 0 Å². The van der Waals surface area contributed by atoms with Gasteiger partial charge in [0.15, 0.2) is 27.3 Å². The molecule has 1 aromatic rings. The lowest BCUT2D eigenvalue weighted by atomic mass is 10.1. The Labute approximate surface area is 92.0 Å². The van der Waals surface area contributed by atoms with Crippen molar-refractivity contribution in [1.82, 2.24) is 0 Å². The maximum absolute atomic E-state index is 12.8. The Balaban J connectivity index is 2.74. The lowest BCUT2D eigenvalue weighted by Crippen LogP contribution is -2.16. The van der Waals surface area contributed by atoms with Gasteiger partial charge in [0.25, 0.3) is 0 Å². The fraction of sp³-hybridized carbons (Fsp3) is 0.300. The number of ketones is 1. The standard InChI is InChI=1S/C10H10F2O3S/c1-16(14,15)6-8(13)4-7-2-3-9(11)10(12)5-7/h2-3,5H,4,6H2,1H3. The molecule has 0 spiro atoms. The van der Waals surface area contributed by atoms with Crippen LogP contribution in [0, 0.1) is 11.6 Å². The molecule has 0 unspecified atom stereocenters. The molecule has 1 rings (SSSR count). The first-order valence-corrected chi connectivity index (χ1v) is 6.47. The first kappa shape index (κ1) is 12.8. The van der Waals surface area contributed by atoms with Crippen LogP contribution >= 0.6 is 0 Å². The highest BCUT2D eigenvalue weighted by molar-refractivity contribution is 7.91. The van der Waals surface area contributed by atoms with Gasteiger partial charge in [-0.05, 0) is 17.7 Å². The fourth-order valence-electron chi connectivity index (χ4n) is 1.22. The van der Waals surface area contributed by atoms with Crippen molar-refractivity contribution < 1.29 is 22.0 Å². The van der Waals surface area contributed by atoms with Crippen molar-refractivity contribution in [3.8, 4) is 0 Å². The maximum atomic E-state index is 12.8. The van der Waals surface area contributed by atoms with Gasteiger partial charge in [0.2, 0.25) is 0 Å². The number of hydrogen-bond acceptors (Lipinski definition) is 3. The van der Waals surface area contributed by atoms with Crippen LogP contribution in [0.4, 0.5) is 8.78 Å². The molecular formula is C10H10F2O3S. The molecule has 88 valence electrons. The smallest absolute Gasteiger partial charge is 0.159 e. The van der Waals surface area contributed by atoms with E-state index in [1.807, 2.05) is 0 Å². The number of carbonyl (C=O) groups excluding carboxylic acids is 1. The molecule has 0 amide bonds. The van der Waals surface area contributed by atoms with Gasteiger partial charge >= 0.3 is 0 Å². The lowest BCUT2D eigenvalue weighted by molar-refractivity contribution is -0.116. The largest absolute Gasteiger partial charge is 0.298 e. The number of halogens is 2. The van der Waals surface area contributed by atoms with Crippen molar-refractivity contribution in [2.24, 2.45) is 0 Å². The summed E-state index contributed by atoms with van der Waals surface area (Å²) in [4.78, 5) is 11.2. The average molecular weight is 248 g/mol. The molecule has 0 aliphatic rings. The molecule has 0 N–H and O–H groups in total. The van der Waals surface area contributed by atoms with Crippen LogP contribution in [0.2, 0.25) is 0 Å². The Bertz CT molecular complexity index is 509. The van der Waals surface area contributed by atoms with Crippen molar-refractivity contribution >= 4 is 15.6 Å². The Morgan fingerprint density at radius 2 is 1.88 bits per heavy atom. The quantitative estimate of drug-likeness (QED) is 0.802. The van der Waals surface area contributed by atoms with Gasteiger partial charge < -0.3 is 0 Å². The van der Waals surface area contributed by atoms with Gasteiger partial charge in [-0.15, -0.1) is 0 Å². The fourth-order valence-corrected chi connectivity index (χ4v) is 1.91. The third kappa shape index (κ3) is 4.06. The summed E-state index contributed by atoms with van der Waals surface area (Å²) in [6.07, 6.45) is 0.723. The van der Waals surface area contributed by atoms with E-state index in [1.54, 1.807) is 0 Å². The zero-order valence-electron chi connectivity index (χ0n) is 8.54. The van der Waals surface area contributed by atoms with Crippen LogP contribution in [-0.4, -0.2) is 26.2 Å². The zero-order valence-corrected chi connectivity index (χ0v) is 9.35. The summed E-state index contributed by atoms with van der Waals surface area (Å²) >= 11 is 0. The molecule has 0 fully saturated rings. The second kappa shape index (κ2) is 4.69. The predicted octanol–water partition coefficient (Wildman–Crippen LogP) is 1.12. The SMILES string of the molecule is CS(=O)(=O)CC(=O)Cc1ccc(F)c(F)c1. The molecule has 0 radical (unpaired) electrons. The highest BCUT2D eigenvalue weighted by Gasteiger charge is 2.12. The Kier molecular flexibility index (Phi) is 3.74. The predicted molar refractivity (Wildman–Crippen MR) is 54.8 cm³/mol.